The third-order valence-corrected chi connectivity index (χ3v) is 5.02. The van der Waals surface area contributed by atoms with Crippen LogP contribution in [0.25, 0.3) is 0 Å². The van der Waals surface area contributed by atoms with Crippen molar-refractivity contribution in [2.75, 3.05) is 6.61 Å². The molecule has 0 heterocycles. The summed E-state index contributed by atoms with van der Waals surface area (Å²) in [7, 11) is 0. The molecular weight excluding hydrogens is 260 g/mol. The normalized spacial score (nSPS) is 19.4. The lowest BCUT2D eigenvalue weighted by atomic mass is 9.76. The summed E-state index contributed by atoms with van der Waals surface area (Å²) in [5.74, 6) is 5.94. The van der Waals surface area contributed by atoms with Gasteiger partial charge in [-0.3, -0.25) is 11.3 Å². The summed E-state index contributed by atoms with van der Waals surface area (Å²) in [6.07, 6.45) is 6.96. The van der Waals surface area contributed by atoms with Crippen molar-refractivity contribution in [3.8, 4) is 0 Å². The number of hydrogen-bond donors (Lipinski definition) is 2. The Labute approximate surface area is 129 Å². The van der Waals surface area contributed by atoms with Crippen LogP contribution in [0.2, 0.25) is 0 Å². The van der Waals surface area contributed by atoms with E-state index in [1.807, 2.05) is 0 Å². The van der Waals surface area contributed by atoms with E-state index in [0.29, 0.717) is 0 Å². The highest BCUT2D eigenvalue weighted by Gasteiger charge is 2.40. The zero-order valence-electron chi connectivity index (χ0n) is 13.7. The summed E-state index contributed by atoms with van der Waals surface area (Å²) in [6, 6.07) is 6.67. The lowest BCUT2D eigenvalue weighted by Crippen LogP contribution is -2.57. The van der Waals surface area contributed by atoms with Gasteiger partial charge in [0.05, 0.1) is 11.6 Å². The maximum atomic E-state index is 6.23. The molecule has 2 rings (SSSR count). The molecule has 1 aliphatic rings. The average Bonchev–Trinajstić information content (AvgIpc) is 2.48. The molecule has 1 saturated carbocycles. The van der Waals surface area contributed by atoms with Gasteiger partial charge in [0.25, 0.3) is 0 Å². The van der Waals surface area contributed by atoms with E-state index in [-0.39, 0.29) is 11.6 Å². The first-order valence-corrected chi connectivity index (χ1v) is 8.28. The number of aryl methyl sites for hydroxylation is 2. The SMILES string of the molecule is CCOC1(C(Cc2c(C)cccc2C)NN)CCCCC1. The van der Waals surface area contributed by atoms with Crippen LogP contribution in [0.1, 0.15) is 55.7 Å². The Kier molecular flexibility index (Phi) is 5.80. The van der Waals surface area contributed by atoms with Gasteiger partial charge in [-0.05, 0) is 56.7 Å². The van der Waals surface area contributed by atoms with Gasteiger partial charge in [-0.2, -0.15) is 0 Å². The summed E-state index contributed by atoms with van der Waals surface area (Å²) in [5, 5.41) is 0. The van der Waals surface area contributed by atoms with Crippen molar-refractivity contribution in [3.63, 3.8) is 0 Å². The van der Waals surface area contributed by atoms with E-state index in [9.17, 15) is 0 Å². The van der Waals surface area contributed by atoms with Gasteiger partial charge in [0.1, 0.15) is 0 Å². The molecule has 0 aromatic heterocycles. The largest absolute Gasteiger partial charge is 0.374 e. The van der Waals surface area contributed by atoms with Crippen LogP contribution in [0.4, 0.5) is 0 Å². The lowest BCUT2D eigenvalue weighted by Gasteiger charge is -2.43. The van der Waals surface area contributed by atoms with Gasteiger partial charge in [0, 0.05) is 6.61 Å². The molecule has 1 aliphatic carbocycles. The fraction of sp³-hybridized carbons (Fsp3) is 0.667. The molecule has 21 heavy (non-hydrogen) atoms. The molecule has 0 aliphatic heterocycles. The molecule has 1 atom stereocenters. The van der Waals surface area contributed by atoms with E-state index >= 15 is 0 Å². The molecule has 0 saturated heterocycles. The third-order valence-electron chi connectivity index (χ3n) is 5.02. The third kappa shape index (κ3) is 3.65. The number of benzene rings is 1. The summed E-state index contributed by atoms with van der Waals surface area (Å²) >= 11 is 0. The Morgan fingerprint density at radius 1 is 1.19 bits per heavy atom. The van der Waals surface area contributed by atoms with Gasteiger partial charge in [-0.25, -0.2) is 0 Å². The predicted molar refractivity (Wildman–Crippen MR) is 88.2 cm³/mol. The van der Waals surface area contributed by atoms with Gasteiger partial charge < -0.3 is 4.74 Å². The topological polar surface area (TPSA) is 47.3 Å². The monoisotopic (exact) mass is 290 g/mol. The van der Waals surface area contributed by atoms with Gasteiger partial charge in [0.2, 0.25) is 0 Å². The van der Waals surface area contributed by atoms with Crippen LogP contribution >= 0.6 is 0 Å². The lowest BCUT2D eigenvalue weighted by molar-refractivity contribution is -0.0898. The van der Waals surface area contributed by atoms with Crippen molar-refractivity contribution in [1.82, 2.24) is 5.43 Å². The van der Waals surface area contributed by atoms with Crippen molar-refractivity contribution in [2.24, 2.45) is 5.84 Å². The zero-order valence-corrected chi connectivity index (χ0v) is 13.7. The summed E-state index contributed by atoms with van der Waals surface area (Å²) in [5.41, 5.74) is 7.07. The Hall–Kier alpha value is -0.900. The Bertz CT molecular complexity index is 427. The Balaban J connectivity index is 2.24. The number of nitrogens with one attached hydrogen (secondary N) is 1. The first-order valence-electron chi connectivity index (χ1n) is 8.28. The van der Waals surface area contributed by atoms with Gasteiger partial charge in [-0.15, -0.1) is 0 Å². The molecule has 1 aromatic carbocycles. The van der Waals surface area contributed by atoms with Crippen LogP contribution in [-0.2, 0) is 11.2 Å². The molecule has 0 amide bonds. The molecule has 3 heteroatoms. The fourth-order valence-electron chi connectivity index (χ4n) is 3.80. The van der Waals surface area contributed by atoms with Crippen molar-refractivity contribution in [2.45, 2.75) is 70.9 Å². The molecule has 1 aromatic rings. The molecule has 3 N–H and O–H groups in total. The van der Waals surface area contributed by atoms with Gasteiger partial charge in [0.15, 0.2) is 0 Å². The van der Waals surface area contributed by atoms with E-state index < -0.39 is 0 Å². The quantitative estimate of drug-likeness (QED) is 0.623. The predicted octanol–water partition coefficient (Wildman–Crippen LogP) is 3.42. The van der Waals surface area contributed by atoms with Crippen LogP contribution in [-0.4, -0.2) is 18.2 Å². The first-order chi connectivity index (χ1) is 10.1. The maximum absolute atomic E-state index is 6.23. The summed E-state index contributed by atoms with van der Waals surface area (Å²) in [6.45, 7) is 7.21. The van der Waals surface area contributed by atoms with Crippen LogP contribution in [0.3, 0.4) is 0 Å². The molecule has 0 spiro atoms. The van der Waals surface area contributed by atoms with Crippen molar-refractivity contribution in [3.05, 3.63) is 34.9 Å². The number of ether oxygens (including phenoxy) is 1. The molecule has 0 bridgehead atoms. The Morgan fingerprint density at radius 3 is 2.33 bits per heavy atom. The first kappa shape index (κ1) is 16.5. The van der Waals surface area contributed by atoms with Crippen LogP contribution in [0, 0.1) is 13.8 Å². The standard InChI is InChI=1S/C18H30N2O/c1-4-21-18(11-6-5-7-12-18)17(20-19)13-16-14(2)9-8-10-15(16)3/h8-10,17,20H,4-7,11-13,19H2,1-3H3. The second kappa shape index (κ2) is 7.39. The van der Waals surface area contributed by atoms with E-state index in [2.05, 4.69) is 44.4 Å². The van der Waals surface area contributed by atoms with Crippen LogP contribution in [0.5, 0.6) is 0 Å². The minimum absolute atomic E-state index is 0.101. The van der Waals surface area contributed by atoms with E-state index in [4.69, 9.17) is 10.6 Å². The number of hydrazine groups is 1. The molecule has 0 radical (unpaired) electrons. The van der Waals surface area contributed by atoms with E-state index in [1.165, 1.54) is 36.0 Å². The average molecular weight is 290 g/mol. The summed E-state index contributed by atoms with van der Waals surface area (Å²) in [4.78, 5) is 0. The highest BCUT2D eigenvalue weighted by molar-refractivity contribution is 5.34. The Morgan fingerprint density at radius 2 is 1.81 bits per heavy atom. The number of hydrogen-bond acceptors (Lipinski definition) is 3. The van der Waals surface area contributed by atoms with Crippen molar-refractivity contribution in [1.29, 1.82) is 0 Å². The zero-order chi connectivity index (χ0) is 15.3. The van der Waals surface area contributed by atoms with Crippen molar-refractivity contribution < 1.29 is 4.74 Å². The number of nitrogens with two attached hydrogens (primary N) is 1. The second-order valence-electron chi connectivity index (χ2n) is 6.35. The molecule has 3 nitrogen and oxygen atoms in total. The fourth-order valence-corrected chi connectivity index (χ4v) is 3.80. The minimum atomic E-state index is -0.101. The van der Waals surface area contributed by atoms with Gasteiger partial charge in [-0.1, -0.05) is 37.5 Å². The van der Waals surface area contributed by atoms with E-state index in [1.54, 1.807) is 0 Å². The van der Waals surface area contributed by atoms with Gasteiger partial charge >= 0.3 is 0 Å². The molecule has 118 valence electrons. The van der Waals surface area contributed by atoms with Crippen molar-refractivity contribution >= 4 is 0 Å². The van der Waals surface area contributed by atoms with Crippen LogP contribution in [0.15, 0.2) is 18.2 Å². The molecular formula is C18H30N2O. The highest BCUT2D eigenvalue weighted by atomic mass is 16.5. The number of rotatable bonds is 6. The summed E-state index contributed by atoms with van der Waals surface area (Å²) < 4.78 is 6.23. The van der Waals surface area contributed by atoms with Crippen LogP contribution < -0.4 is 11.3 Å². The molecule has 1 fully saturated rings. The smallest absolute Gasteiger partial charge is 0.0851 e. The second-order valence-corrected chi connectivity index (χ2v) is 6.35. The maximum Gasteiger partial charge on any atom is 0.0851 e. The van der Waals surface area contributed by atoms with E-state index in [0.717, 1.165) is 25.9 Å². The molecule has 1 unspecified atom stereocenters. The highest BCUT2D eigenvalue weighted by Crippen LogP contribution is 2.36. The minimum Gasteiger partial charge on any atom is -0.374 e.